The number of nitrogens with one attached hydrogen (secondary N) is 1. The van der Waals surface area contributed by atoms with Crippen LogP contribution in [-0.2, 0) is 25.0 Å². The van der Waals surface area contributed by atoms with E-state index in [1.165, 1.54) is 0 Å². The van der Waals surface area contributed by atoms with Gasteiger partial charge < -0.3 is 24.4 Å². The number of carboxylic acid groups (broad SMARTS) is 2. The van der Waals surface area contributed by atoms with E-state index in [1.807, 2.05) is 0 Å². The van der Waals surface area contributed by atoms with Gasteiger partial charge in [-0.05, 0) is 54.6 Å². The van der Waals surface area contributed by atoms with Crippen molar-refractivity contribution >= 4 is 49.6 Å². The zero-order valence-corrected chi connectivity index (χ0v) is 30.0. The summed E-state index contributed by atoms with van der Waals surface area (Å²) in [5.41, 5.74) is -2.75. The van der Waals surface area contributed by atoms with Gasteiger partial charge in [0.15, 0.2) is 17.6 Å². The molecule has 4 rings (SSSR count). The quantitative estimate of drug-likeness (QED) is 0.128. The number of hydrogen-bond acceptors (Lipinski definition) is 12. The number of aliphatic carboxylic acids is 1. The van der Waals surface area contributed by atoms with Gasteiger partial charge in [-0.1, -0.05) is 12.2 Å². The molecule has 0 fully saturated rings. The number of hydrogen-bond donors (Lipinski definition) is 4. The van der Waals surface area contributed by atoms with Crippen LogP contribution in [0.4, 0.5) is 5.69 Å². The van der Waals surface area contributed by atoms with E-state index in [0.717, 1.165) is 76.4 Å². The molecule has 0 radical (unpaired) electrons. The van der Waals surface area contributed by atoms with E-state index in [4.69, 9.17) is 0 Å². The fourth-order valence-corrected chi connectivity index (χ4v) is 4.67. The van der Waals surface area contributed by atoms with Gasteiger partial charge in [-0.25, -0.2) is 36.1 Å². The summed E-state index contributed by atoms with van der Waals surface area (Å²) in [5.74, 6) is -3.10. The number of aliphatic hydroxyl groups excluding tert-OH is 1. The first-order valence-electron chi connectivity index (χ1n) is 11.0. The molecule has 1 aliphatic rings. The molecule has 0 saturated heterocycles. The van der Waals surface area contributed by atoms with Gasteiger partial charge in [0.25, 0.3) is 5.56 Å². The van der Waals surface area contributed by atoms with Crippen LogP contribution in [0.2, 0.25) is 0 Å². The first-order chi connectivity index (χ1) is 19.1. The standard InChI is InChI=1S/C23H18N4O12S2.2K/c28-20-16(18(22(30)31)24-26(20)12-4-8-14(9-5-12)40(34,35)36)2-1-3-17-19(23(32)33)25-27(21(17)29)13-6-10-15(11-7-13)41(37,38)39;;/h1-11,20,25,28H,(H,30,31)(H,32,33)(H,34,35,36)(H,37,38,39);;/q;2*+1/p-2/b3-1?,16-2-;;/t20-;;/m1../s1. The van der Waals surface area contributed by atoms with Crippen molar-refractivity contribution in [2.45, 2.75) is 16.0 Å². The maximum absolute atomic E-state index is 13.0. The molecule has 20 heteroatoms. The van der Waals surface area contributed by atoms with Gasteiger partial charge in [0, 0.05) is 5.57 Å². The summed E-state index contributed by atoms with van der Waals surface area (Å²) in [7, 11) is -9.52. The minimum atomic E-state index is -4.76. The molecule has 2 heterocycles. The Morgan fingerprint density at radius 1 is 0.860 bits per heavy atom. The van der Waals surface area contributed by atoms with Crippen molar-refractivity contribution in [2.24, 2.45) is 5.10 Å². The normalized spacial score (nSPS) is 16.1. The molecule has 0 saturated carbocycles. The van der Waals surface area contributed by atoms with Crippen molar-refractivity contribution in [3.8, 4) is 5.69 Å². The molecule has 214 valence electrons. The zero-order valence-electron chi connectivity index (χ0n) is 22.1. The predicted molar refractivity (Wildman–Crippen MR) is 136 cm³/mol. The number of aromatic nitrogens is 2. The smallest absolute Gasteiger partial charge is 0.744 e. The van der Waals surface area contributed by atoms with E-state index in [-0.39, 0.29) is 120 Å². The van der Waals surface area contributed by atoms with Crippen LogP contribution < -0.4 is 113 Å². The molecule has 16 nitrogen and oxygen atoms in total. The Kier molecular flexibility index (Phi) is 12.8. The Balaban J connectivity index is 0.00000323. The number of carbonyl (C=O) groups is 2. The monoisotopic (exact) mass is 682 g/mol. The van der Waals surface area contributed by atoms with Gasteiger partial charge in [-0.2, -0.15) is 5.10 Å². The second kappa shape index (κ2) is 14.7. The minimum Gasteiger partial charge on any atom is -0.744 e. The third-order valence-corrected chi connectivity index (χ3v) is 7.35. The number of aliphatic hydroxyl groups is 1. The maximum atomic E-state index is 13.0. The first-order valence-corrected chi connectivity index (χ1v) is 13.8. The zero-order chi connectivity index (χ0) is 30.3. The Bertz CT molecular complexity index is 1930. The Morgan fingerprint density at radius 3 is 1.79 bits per heavy atom. The Labute approximate surface area is 327 Å². The van der Waals surface area contributed by atoms with E-state index in [2.05, 4.69) is 10.2 Å². The van der Waals surface area contributed by atoms with Crippen molar-refractivity contribution in [3.05, 3.63) is 87.9 Å². The predicted octanol–water partition coefficient (Wildman–Crippen LogP) is -6.10. The van der Waals surface area contributed by atoms with Crippen molar-refractivity contribution in [1.29, 1.82) is 0 Å². The van der Waals surface area contributed by atoms with E-state index in [0.29, 0.717) is 0 Å². The molecule has 0 aliphatic carbocycles. The number of carboxylic acids is 2. The van der Waals surface area contributed by atoms with Gasteiger partial charge in [0.05, 0.1) is 26.7 Å². The summed E-state index contributed by atoms with van der Waals surface area (Å²) in [6, 6.07) is 8.19. The molecular formula is C23H16K2N4O12S2. The summed E-state index contributed by atoms with van der Waals surface area (Å²) < 4.78 is 67.6. The molecule has 0 amide bonds. The van der Waals surface area contributed by atoms with E-state index in [9.17, 15) is 55.6 Å². The van der Waals surface area contributed by atoms with Crippen LogP contribution in [0.5, 0.6) is 0 Å². The summed E-state index contributed by atoms with van der Waals surface area (Å²) in [6.45, 7) is 0. The molecule has 1 aliphatic heterocycles. The SMILES string of the molecule is O=C(O)C1=NN(c2ccc(S(=O)(=O)[O-])cc2)[C@H](O)/C1=C\C=Cc1c(C(=O)O)[nH]n(-c2ccc(S(=O)(=O)[O-])cc2)c1=O.[K+].[K+]. The number of rotatable bonds is 8. The number of allylic oxidation sites excluding steroid dienone is 2. The molecule has 2 aromatic carbocycles. The van der Waals surface area contributed by atoms with Gasteiger partial charge in [-0.15, -0.1) is 0 Å². The summed E-state index contributed by atoms with van der Waals surface area (Å²) in [4.78, 5) is 35.3. The van der Waals surface area contributed by atoms with Crippen molar-refractivity contribution in [2.75, 3.05) is 5.01 Å². The average molecular weight is 683 g/mol. The Morgan fingerprint density at radius 2 is 1.35 bits per heavy atom. The van der Waals surface area contributed by atoms with Crippen molar-refractivity contribution in [1.82, 2.24) is 9.78 Å². The third kappa shape index (κ3) is 8.36. The van der Waals surface area contributed by atoms with Crippen molar-refractivity contribution < 1.29 is 154 Å². The topological polar surface area (TPSA) is 263 Å². The summed E-state index contributed by atoms with van der Waals surface area (Å²) in [5, 5.41) is 36.8. The van der Waals surface area contributed by atoms with Crippen LogP contribution in [-0.4, -0.2) is 74.9 Å². The van der Waals surface area contributed by atoms with Gasteiger partial charge >= 0.3 is 115 Å². The van der Waals surface area contributed by atoms with E-state index >= 15 is 0 Å². The number of nitrogens with zero attached hydrogens (tertiary/aromatic N) is 3. The molecule has 0 unspecified atom stereocenters. The summed E-state index contributed by atoms with van der Waals surface area (Å²) >= 11 is 0. The average Bonchev–Trinajstić information content (AvgIpc) is 3.40. The van der Waals surface area contributed by atoms with Crippen LogP contribution in [0.15, 0.2) is 85.9 Å². The van der Waals surface area contributed by atoms with Gasteiger partial charge in [-0.3, -0.25) is 9.89 Å². The number of hydrazone groups is 1. The number of H-pyrrole nitrogens is 1. The second-order valence-electron chi connectivity index (χ2n) is 8.20. The molecule has 4 N–H and O–H groups in total. The van der Waals surface area contributed by atoms with E-state index < -0.39 is 70.7 Å². The fourth-order valence-electron chi connectivity index (χ4n) is 3.73. The summed E-state index contributed by atoms with van der Waals surface area (Å²) in [6.07, 6.45) is 1.45. The molecule has 1 aromatic heterocycles. The number of aromatic carboxylic acids is 1. The van der Waals surface area contributed by atoms with Crippen LogP contribution in [0.25, 0.3) is 11.8 Å². The molecule has 1 atom stereocenters. The molecule has 0 spiro atoms. The molecule has 3 aromatic rings. The molecular weight excluding hydrogens is 667 g/mol. The second-order valence-corrected chi connectivity index (χ2v) is 11.0. The molecule has 0 bridgehead atoms. The van der Waals surface area contributed by atoms with Crippen molar-refractivity contribution in [3.63, 3.8) is 0 Å². The number of anilines is 1. The third-order valence-electron chi connectivity index (χ3n) is 5.65. The maximum Gasteiger partial charge on any atom is 1.00 e. The van der Waals surface area contributed by atoms with Gasteiger partial charge in [0.2, 0.25) is 0 Å². The fraction of sp³-hybridized carbons (Fsp3) is 0.0435. The first kappa shape index (κ1) is 37.6. The van der Waals surface area contributed by atoms with E-state index in [1.54, 1.807) is 0 Å². The van der Waals surface area contributed by atoms with Crippen LogP contribution in [0.1, 0.15) is 16.1 Å². The number of aromatic amines is 1. The van der Waals surface area contributed by atoms with Crippen LogP contribution in [0, 0.1) is 0 Å². The van der Waals surface area contributed by atoms with Crippen LogP contribution >= 0.6 is 0 Å². The van der Waals surface area contributed by atoms with Gasteiger partial charge in [0.1, 0.15) is 20.2 Å². The van der Waals surface area contributed by atoms with Crippen LogP contribution in [0.3, 0.4) is 0 Å². The number of benzene rings is 2. The largest absolute Gasteiger partial charge is 1.00 e. The minimum absolute atomic E-state index is 0. The molecule has 43 heavy (non-hydrogen) atoms. The Hall–Kier alpha value is -1.61.